The standard InChI is InChI=1S/C19H21ClN6O2S2/c1-4-26-15(9-16(27)22-14-7-5-13(20)6-8-14)24-25-19(26)30-12(3)17(28)23-18-21-11(2)10-29-18/h5-8,10,12H,4,9H2,1-3H3,(H,22,27)(H,21,23,28). The number of amides is 2. The monoisotopic (exact) mass is 464 g/mol. The molecule has 0 saturated heterocycles. The summed E-state index contributed by atoms with van der Waals surface area (Å²) in [6.07, 6.45) is 0.0724. The molecule has 0 saturated carbocycles. The Morgan fingerprint density at radius 2 is 1.97 bits per heavy atom. The van der Waals surface area contributed by atoms with Crippen molar-refractivity contribution in [1.82, 2.24) is 19.7 Å². The normalized spacial score (nSPS) is 11.9. The van der Waals surface area contributed by atoms with E-state index in [1.165, 1.54) is 23.1 Å². The number of benzene rings is 1. The second-order valence-corrected chi connectivity index (χ2v) is 9.02. The van der Waals surface area contributed by atoms with E-state index in [4.69, 9.17) is 11.6 Å². The van der Waals surface area contributed by atoms with Crippen LogP contribution in [0.1, 0.15) is 25.4 Å². The Kier molecular flexibility index (Phi) is 7.46. The molecule has 0 spiro atoms. The van der Waals surface area contributed by atoms with Crippen molar-refractivity contribution >= 4 is 57.3 Å². The first-order valence-electron chi connectivity index (χ1n) is 9.23. The number of halogens is 1. The maximum absolute atomic E-state index is 12.4. The summed E-state index contributed by atoms with van der Waals surface area (Å²) in [6.45, 7) is 6.19. The second-order valence-electron chi connectivity index (χ2n) is 6.42. The number of aromatic nitrogens is 4. The van der Waals surface area contributed by atoms with E-state index in [2.05, 4.69) is 25.8 Å². The van der Waals surface area contributed by atoms with Crippen molar-refractivity contribution in [3.8, 4) is 0 Å². The van der Waals surface area contributed by atoms with Crippen LogP contribution in [0.5, 0.6) is 0 Å². The van der Waals surface area contributed by atoms with Gasteiger partial charge in [0.2, 0.25) is 11.8 Å². The van der Waals surface area contributed by atoms with Crippen LogP contribution in [0.3, 0.4) is 0 Å². The summed E-state index contributed by atoms with van der Waals surface area (Å²) in [7, 11) is 0. The molecule has 158 valence electrons. The first kappa shape index (κ1) is 22.3. The molecule has 1 aromatic carbocycles. The van der Waals surface area contributed by atoms with Gasteiger partial charge in [-0.2, -0.15) is 0 Å². The van der Waals surface area contributed by atoms with E-state index >= 15 is 0 Å². The quantitative estimate of drug-likeness (QED) is 0.488. The van der Waals surface area contributed by atoms with Gasteiger partial charge >= 0.3 is 0 Å². The van der Waals surface area contributed by atoms with Crippen LogP contribution in [-0.2, 0) is 22.6 Å². The van der Waals surface area contributed by atoms with E-state index in [1.807, 2.05) is 23.8 Å². The summed E-state index contributed by atoms with van der Waals surface area (Å²) in [5.74, 6) is 0.164. The first-order valence-corrected chi connectivity index (χ1v) is 11.4. The number of hydrogen-bond acceptors (Lipinski definition) is 7. The Hall–Kier alpha value is -2.43. The number of nitrogens with one attached hydrogen (secondary N) is 2. The third-order valence-corrected chi connectivity index (χ3v) is 6.26. The lowest BCUT2D eigenvalue weighted by Gasteiger charge is -2.11. The molecule has 1 unspecified atom stereocenters. The number of carbonyl (C=O) groups excluding carboxylic acids is 2. The molecule has 0 aliphatic heterocycles. The van der Waals surface area contributed by atoms with Crippen molar-refractivity contribution in [1.29, 1.82) is 0 Å². The van der Waals surface area contributed by atoms with Gasteiger partial charge in [-0.25, -0.2) is 4.98 Å². The van der Waals surface area contributed by atoms with Gasteiger partial charge in [-0.3, -0.25) is 9.59 Å². The van der Waals surface area contributed by atoms with E-state index in [-0.39, 0.29) is 18.2 Å². The molecule has 0 bridgehead atoms. The van der Waals surface area contributed by atoms with Gasteiger partial charge in [0.1, 0.15) is 5.82 Å². The summed E-state index contributed by atoms with van der Waals surface area (Å²) in [5, 5.41) is 17.2. The van der Waals surface area contributed by atoms with Gasteiger partial charge in [-0.1, -0.05) is 23.4 Å². The van der Waals surface area contributed by atoms with Crippen molar-refractivity contribution in [2.75, 3.05) is 10.6 Å². The Morgan fingerprint density at radius 3 is 2.60 bits per heavy atom. The van der Waals surface area contributed by atoms with Gasteiger partial charge in [0.15, 0.2) is 10.3 Å². The third kappa shape index (κ3) is 5.80. The lowest BCUT2D eigenvalue weighted by molar-refractivity contribution is -0.116. The number of carbonyl (C=O) groups is 2. The number of rotatable bonds is 8. The summed E-state index contributed by atoms with van der Waals surface area (Å²) in [5.41, 5.74) is 1.52. The summed E-state index contributed by atoms with van der Waals surface area (Å²) >= 11 is 8.54. The number of thioether (sulfide) groups is 1. The molecule has 0 aliphatic carbocycles. The highest BCUT2D eigenvalue weighted by Gasteiger charge is 2.21. The van der Waals surface area contributed by atoms with Gasteiger partial charge in [0.05, 0.1) is 17.4 Å². The smallest absolute Gasteiger partial charge is 0.239 e. The minimum Gasteiger partial charge on any atom is -0.326 e. The number of thiazole rings is 1. The van der Waals surface area contributed by atoms with Crippen LogP contribution in [0.15, 0.2) is 34.8 Å². The minimum atomic E-state index is -0.403. The third-order valence-electron chi connectivity index (χ3n) is 4.06. The number of hydrogen-bond donors (Lipinski definition) is 2. The van der Waals surface area contributed by atoms with Crippen LogP contribution < -0.4 is 10.6 Å². The zero-order valence-corrected chi connectivity index (χ0v) is 19.1. The predicted octanol–water partition coefficient (Wildman–Crippen LogP) is 4.02. The zero-order chi connectivity index (χ0) is 21.7. The van der Waals surface area contributed by atoms with Gasteiger partial charge < -0.3 is 15.2 Å². The molecule has 11 heteroatoms. The molecule has 0 fully saturated rings. The largest absolute Gasteiger partial charge is 0.326 e. The zero-order valence-electron chi connectivity index (χ0n) is 16.7. The Bertz CT molecular complexity index is 1030. The lowest BCUT2D eigenvalue weighted by atomic mass is 10.3. The molecule has 2 amide bonds. The Labute approximate surface area is 187 Å². The molecule has 8 nitrogen and oxygen atoms in total. The molecule has 1 atom stereocenters. The van der Waals surface area contributed by atoms with E-state index in [0.29, 0.717) is 33.4 Å². The van der Waals surface area contributed by atoms with Crippen LogP contribution >= 0.6 is 34.7 Å². The SMILES string of the molecule is CCn1c(CC(=O)Nc2ccc(Cl)cc2)nnc1SC(C)C(=O)Nc1nc(C)cs1. The van der Waals surface area contributed by atoms with Crippen LogP contribution in [0, 0.1) is 6.92 Å². The maximum Gasteiger partial charge on any atom is 0.239 e. The molecule has 3 rings (SSSR count). The Morgan fingerprint density at radius 1 is 1.23 bits per heavy atom. The van der Waals surface area contributed by atoms with E-state index < -0.39 is 5.25 Å². The van der Waals surface area contributed by atoms with Gasteiger partial charge in [-0.05, 0) is 45.0 Å². The molecule has 3 aromatic rings. The molecular weight excluding hydrogens is 444 g/mol. The lowest BCUT2D eigenvalue weighted by Crippen LogP contribution is -2.23. The number of nitrogens with zero attached hydrogens (tertiary/aromatic N) is 4. The van der Waals surface area contributed by atoms with E-state index in [9.17, 15) is 9.59 Å². The molecule has 2 aromatic heterocycles. The van der Waals surface area contributed by atoms with Crippen LogP contribution in [-0.4, -0.2) is 36.8 Å². The van der Waals surface area contributed by atoms with Gasteiger partial charge in [0, 0.05) is 22.6 Å². The molecule has 2 N–H and O–H groups in total. The highest BCUT2D eigenvalue weighted by molar-refractivity contribution is 8.00. The topological polar surface area (TPSA) is 102 Å². The molecular formula is C19H21ClN6O2S2. The van der Waals surface area contributed by atoms with E-state index in [0.717, 1.165) is 5.69 Å². The molecule has 0 radical (unpaired) electrons. The average molecular weight is 465 g/mol. The van der Waals surface area contributed by atoms with Crippen molar-refractivity contribution in [2.45, 2.75) is 44.1 Å². The number of aryl methyl sites for hydroxylation is 1. The number of anilines is 2. The van der Waals surface area contributed by atoms with E-state index in [1.54, 1.807) is 31.2 Å². The van der Waals surface area contributed by atoms with Crippen molar-refractivity contribution in [3.63, 3.8) is 0 Å². The highest BCUT2D eigenvalue weighted by Crippen LogP contribution is 2.24. The summed E-state index contributed by atoms with van der Waals surface area (Å²) in [4.78, 5) is 29.1. The van der Waals surface area contributed by atoms with Crippen molar-refractivity contribution in [2.24, 2.45) is 0 Å². The fourth-order valence-corrected chi connectivity index (χ4v) is 4.32. The molecule has 30 heavy (non-hydrogen) atoms. The molecule has 0 aliphatic rings. The van der Waals surface area contributed by atoms with Crippen LogP contribution in [0.25, 0.3) is 0 Å². The van der Waals surface area contributed by atoms with Gasteiger partial charge in [-0.15, -0.1) is 21.5 Å². The Balaban J connectivity index is 1.62. The fourth-order valence-electron chi connectivity index (χ4n) is 2.57. The highest BCUT2D eigenvalue weighted by atomic mass is 35.5. The summed E-state index contributed by atoms with van der Waals surface area (Å²) in [6, 6.07) is 6.88. The van der Waals surface area contributed by atoms with Gasteiger partial charge in [0.25, 0.3) is 0 Å². The maximum atomic E-state index is 12.4. The summed E-state index contributed by atoms with van der Waals surface area (Å²) < 4.78 is 1.84. The molecule has 2 heterocycles. The minimum absolute atomic E-state index is 0.0724. The first-order chi connectivity index (χ1) is 14.4. The predicted molar refractivity (Wildman–Crippen MR) is 120 cm³/mol. The second kappa shape index (κ2) is 10.1. The van der Waals surface area contributed by atoms with Crippen LogP contribution in [0.4, 0.5) is 10.8 Å². The fraction of sp³-hybridized carbons (Fsp3) is 0.316. The average Bonchev–Trinajstić information content (AvgIpc) is 3.28. The van der Waals surface area contributed by atoms with Crippen LogP contribution in [0.2, 0.25) is 5.02 Å². The van der Waals surface area contributed by atoms with Crippen molar-refractivity contribution < 1.29 is 9.59 Å². The van der Waals surface area contributed by atoms with Crippen molar-refractivity contribution in [3.05, 3.63) is 46.2 Å².